The fraction of sp³-hybridized carbons (Fsp3) is 0.545. The van der Waals surface area contributed by atoms with Crippen LogP contribution in [0.5, 0.6) is 0 Å². The SMILES string of the molecule is Fc1cnccc1C(F)C1CCNCC1. The van der Waals surface area contributed by atoms with Gasteiger partial charge < -0.3 is 5.32 Å². The molecule has 4 heteroatoms. The van der Waals surface area contributed by atoms with Gasteiger partial charge in [-0.3, -0.25) is 4.98 Å². The monoisotopic (exact) mass is 212 g/mol. The van der Waals surface area contributed by atoms with E-state index in [-0.39, 0.29) is 11.5 Å². The molecule has 0 aliphatic carbocycles. The first kappa shape index (κ1) is 10.5. The minimum absolute atomic E-state index is 0.0665. The molecule has 0 spiro atoms. The van der Waals surface area contributed by atoms with Crippen molar-refractivity contribution in [2.24, 2.45) is 5.92 Å². The van der Waals surface area contributed by atoms with Crippen molar-refractivity contribution in [1.29, 1.82) is 0 Å². The molecule has 1 aliphatic heterocycles. The number of halogens is 2. The summed E-state index contributed by atoms with van der Waals surface area (Å²) in [4.78, 5) is 3.62. The summed E-state index contributed by atoms with van der Waals surface area (Å²) >= 11 is 0. The Kier molecular flexibility index (Phi) is 3.26. The molecule has 1 fully saturated rings. The summed E-state index contributed by atoms with van der Waals surface area (Å²) in [5.41, 5.74) is 0.150. The molecule has 0 saturated carbocycles. The molecule has 15 heavy (non-hydrogen) atoms. The van der Waals surface area contributed by atoms with Gasteiger partial charge in [0.2, 0.25) is 0 Å². The largest absolute Gasteiger partial charge is 0.317 e. The van der Waals surface area contributed by atoms with Gasteiger partial charge in [0, 0.05) is 11.8 Å². The first-order valence-electron chi connectivity index (χ1n) is 5.23. The van der Waals surface area contributed by atoms with Gasteiger partial charge in [0.05, 0.1) is 6.20 Å². The van der Waals surface area contributed by atoms with E-state index in [0.29, 0.717) is 0 Å². The molecular weight excluding hydrogens is 198 g/mol. The quantitative estimate of drug-likeness (QED) is 0.813. The maximum Gasteiger partial charge on any atom is 0.147 e. The smallest absolute Gasteiger partial charge is 0.147 e. The lowest BCUT2D eigenvalue weighted by atomic mass is 9.89. The van der Waals surface area contributed by atoms with Gasteiger partial charge in [0.25, 0.3) is 0 Å². The molecule has 82 valence electrons. The molecule has 1 atom stereocenters. The highest BCUT2D eigenvalue weighted by Crippen LogP contribution is 2.32. The molecule has 1 unspecified atom stereocenters. The van der Waals surface area contributed by atoms with Crippen LogP contribution in [0.25, 0.3) is 0 Å². The molecular formula is C11H14F2N2. The highest BCUT2D eigenvalue weighted by molar-refractivity contribution is 5.16. The van der Waals surface area contributed by atoms with Crippen molar-refractivity contribution in [3.8, 4) is 0 Å². The third-order valence-electron chi connectivity index (χ3n) is 2.90. The molecule has 1 saturated heterocycles. The summed E-state index contributed by atoms with van der Waals surface area (Å²) in [5.74, 6) is -0.605. The van der Waals surface area contributed by atoms with Crippen LogP contribution in [0.3, 0.4) is 0 Å². The summed E-state index contributed by atoms with van der Waals surface area (Å²) in [7, 11) is 0. The van der Waals surface area contributed by atoms with Gasteiger partial charge in [-0.1, -0.05) is 0 Å². The zero-order chi connectivity index (χ0) is 10.7. The van der Waals surface area contributed by atoms with E-state index >= 15 is 0 Å². The molecule has 1 aliphatic rings. The Hall–Kier alpha value is -1.03. The first-order chi connectivity index (χ1) is 7.29. The van der Waals surface area contributed by atoms with Gasteiger partial charge in [-0.25, -0.2) is 8.78 Å². The molecule has 2 heterocycles. The lowest BCUT2D eigenvalue weighted by molar-refractivity contribution is 0.185. The maximum absolute atomic E-state index is 14.0. The molecule has 0 bridgehead atoms. The number of rotatable bonds is 2. The highest BCUT2D eigenvalue weighted by atomic mass is 19.1. The fourth-order valence-electron chi connectivity index (χ4n) is 2.00. The van der Waals surface area contributed by atoms with Crippen LogP contribution in [0.1, 0.15) is 24.6 Å². The minimum Gasteiger partial charge on any atom is -0.317 e. The van der Waals surface area contributed by atoms with Crippen LogP contribution >= 0.6 is 0 Å². The van der Waals surface area contributed by atoms with Crippen molar-refractivity contribution >= 4 is 0 Å². The first-order valence-corrected chi connectivity index (χ1v) is 5.23. The molecule has 0 radical (unpaired) electrons. The Labute approximate surface area is 87.7 Å². The second-order valence-corrected chi connectivity index (χ2v) is 3.89. The van der Waals surface area contributed by atoms with Crippen LogP contribution in [-0.4, -0.2) is 18.1 Å². The van der Waals surface area contributed by atoms with E-state index in [2.05, 4.69) is 10.3 Å². The normalized spacial score (nSPS) is 20.1. The molecule has 0 aromatic carbocycles. The lowest BCUT2D eigenvalue weighted by Gasteiger charge is -2.25. The summed E-state index contributed by atoms with van der Waals surface area (Å²) in [6, 6.07) is 1.43. The van der Waals surface area contributed by atoms with Gasteiger partial charge >= 0.3 is 0 Å². The number of alkyl halides is 1. The van der Waals surface area contributed by atoms with Crippen molar-refractivity contribution in [2.75, 3.05) is 13.1 Å². The second kappa shape index (κ2) is 4.66. The van der Waals surface area contributed by atoms with Crippen molar-refractivity contribution in [2.45, 2.75) is 19.0 Å². The van der Waals surface area contributed by atoms with E-state index in [1.165, 1.54) is 12.3 Å². The van der Waals surface area contributed by atoms with Crippen LogP contribution in [0.2, 0.25) is 0 Å². The van der Waals surface area contributed by atoms with Crippen LogP contribution in [0.4, 0.5) is 8.78 Å². The predicted octanol–water partition coefficient (Wildman–Crippen LogP) is 2.23. The second-order valence-electron chi connectivity index (χ2n) is 3.89. The molecule has 1 N–H and O–H groups in total. The van der Waals surface area contributed by atoms with Crippen LogP contribution in [0.15, 0.2) is 18.5 Å². The lowest BCUT2D eigenvalue weighted by Crippen LogP contribution is -2.30. The summed E-state index contributed by atoms with van der Waals surface area (Å²) < 4.78 is 27.3. The van der Waals surface area contributed by atoms with E-state index in [0.717, 1.165) is 32.1 Å². The van der Waals surface area contributed by atoms with E-state index < -0.39 is 12.0 Å². The van der Waals surface area contributed by atoms with E-state index in [9.17, 15) is 8.78 Å². The zero-order valence-electron chi connectivity index (χ0n) is 8.42. The van der Waals surface area contributed by atoms with Crippen LogP contribution in [-0.2, 0) is 0 Å². The predicted molar refractivity (Wildman–Crippen MR) is 53.6 cm³/mol. The average Bonchev–Trinajstić information content (AvgIpc) is 2.30. The third kappa shape index (κ3) is 2.31. The van der Waals surface area contributed by atoms with Crippen molar-refractivity contribution in [1.82, 2.24) is 10.3 Å². The molecule has 1 aromatic heterocycles. The van der Waals surface area contributed by atoms with Crippen LogP contribution < -0.4 is 5.32 Å². The summed E-state index contributed by atoms with van der Waals surface area (Å²) in [5, 5.41) is 3.16. The Bertz CT molecular complexity index is 324. The molecule has 2 nitrogen and oxygen atoms in total. The number of aromatic nitrogens is 1. The van der Waals surface area contributed by atoms with E-state index in [1.54, 1.807) is 0 Å². The number of pyridine rings is 1. The van der Waals surface area contributed by atoms with Gasteiger partial charge in [-0.05, 0) is 37.9 Å². The van der Waals surface area contributed by atoms with Gasteiger partial charge in [0.1, 0.15) is 12.0 Å². The average molecular weight is 212 g/mol. The maximum atomic E-state index is 14.0. The number of hydrogen-bond acceptors (Lipinski definition) is 2. The molecule has 2 rings (SSSR count). The van der Waals surface area contributed by atoms with Gasteiger partial charge in [-0.15, -0.1) is 0 Å². The van der Waals surface area contributed by atoms with E-state index in [1.807, 2.05) is 0 Å². The third-order valence-corrected chi connectivity index (χ3v) is 2.90. The molecule has 0 amide bonds. The standard InChI is InChI=1S/C11H14F2N2/c12-10-7-15-6-3-9(10)11(13)8-1-4-14-5-2-8/h3,6-8,11,14H,1-2,4-5H2. The topological polar surface area (TPSA) is 24.9 Å². The summed E-state index contributed by atoms with van der Waals surface area (Å²) in [6.07, 6.45) is 2.84. The number of nitrogens with zero attached hydrogens (tertiary/aromatic N) is 1. The summed E-state index contributed by atoms with van der Waals surface area (Å²) in [6.45, 7) is 1.63. The Balaban J connectivity index is 2.12. The Morgan fingerprint density at radius 2 is 2.13 bits per heavy atom. The Morgan fingerprint density at radius 1 is 1.40 bits per heavy atom. The minimum atomic E-state index is -1.20. The van der Waals surface area contributed by atoms with Gasteiger partial charge in [0.15, 0.2) is 0 Å². The van der Waals surface area contributed by atoms with Gasteiger partial charge in [-0.2, -0.15) is 0 Å². The highest BCUT2D eigenvalue weighted by Gasteiger charge is 2.26. The fourth-order valence-corrected chi connectivity index (χ4v) is 2.00. The molecule has 1 aromatic rings. The van der Waals surface area contributed by atoms with Crippen LogP contribution in [0, 0.1) is 11.7 Å². The van der Waals surface area contributed by atoms with E-state index in [4.69, 9.17) is 0 Å². The van der Waals surface area contributed by atoms with Crippen molar-refractivity contribution < 1.29 is 8.78 Å². The Morgan fingerprint density at radius 3 is 2.80 bits per heavy atom. The van der Waals surface area contributed by atoms with Crippen molar-refractivity contribution in [3.05, 3.63) is 29.8 Å². The van der Waals surface area contributed by atoms with Crippen molar-refractivity contribution in [3.63, 3.8) is 0 Å². The zero-order valence-corrected chi connectivity index (χ0v) is 8.42. The number of nitrogens with one attached hydrogen (secondary N) is 1. The number of hydrogen-bond donors (Lipinski definition) is 1. The number of piperidine rings is 1.